The van der Waals surface area contributed by atoms with Gasteiger partial charge < -0.3 is 20.3 Å². The second-order valence-electron chi connectivity index (χ2n) is 9.03. The van der Waals surface area contributed by atoms with E-state index >= 15 is 0 Å². The average molecular weight is 441 g/mol. The molecule has 0 spiro atoms. The monoisotopic (exact) mass is 440 g/mol. The number of benzene rings is 1. The molecule has 0 aromatic heterocycles. The van der Waals surface area contributed by atoms with Crippen LogP contribution in [0.15, 0.2) is 36.4 Å². The molecule has 1 aliphatic heterocycles. The fourth-order valence-corrected chi connectivity index (χ4v) is 3.62. The molecule has 0 radical (unpaired) electrons. The first-order chi connectivity index (χ1) is 15.3. The minimum atomic E-state index is -0.684. The van der Waals surface area contributed by atoms with Crippen molar-refractivity contribution in [2.45, 2.75) is 70.6 Å². The van der Waals surface area contributed by atoms with E-state index in [9.17, 15) is 14.9 Å². The third-order valence-corrected chi connectivity index (χ3v) is 5.14. The average Bonchev–Trinajstić information content (AvgIpc) is 3.22. The molecule has 1 aliphatic rings. The van der Waals surface area contributed by atoms with Crippen molar-refractivity contribution in [3.05, 3.63) is 42.0 Å². The fourth-order valence-electron chi connectivity index (χ4n) is 3.62. The minimum Gasteiger partial charge on any atom is -0.444 e. The standard InChI is InChI=1S/C25H36N4O3/c1-25(2,3)32-24(31)28-22(23(30)29-18-10-14-21(29)19-26)15-7-8-16-27-17-9-13-20-11-5-4-6-12-20/h4-6,9,11-13,21-22,27H,7-8,10,14-18H2,1-3H3,(H,28,31)/t21-,22-/m0/s1. The molecule has 1 saturated heterocycles. The van der Waals surface area contributed by atoms with Crippen LogP contribution < -0.4 is 10.6 Å². The summed E-state index contributed by atoms with van der Waals surface area (Å²) in [6.07, 6.45) is 7.20. The van der Waals surface area contributed by atoms with Crippen molar-refractivity contribution < 1.29 is 14.3 Å². The number of alkyl carbamates (subject to hydrolysis) is 1. The summed E-state index contributed by atoms with van der Waals surface area (Å²) < 4.78 is 5.34. The van der Waals surface area contributed by atoms with Gasteiger partial charge in [-0.15, -0.1) is 0 Å². The number of nitrogens with one attached hydrogen (secondary N) is 2. The van der Waals surface area contributed by atoms with Crippen molar-refractivity contribution in [3.63, 3.8) is 0 Å². The molecule has 1 heterocycles. The van der Waals surface area contributed by atoms with Gasteiger partial charge in [-0.25, -0.2) is 4.79 Å². The maximum Gasteiger partial charge on any atom is 0.408 e. The highest BCUT2D eigenvalue weighted by Gasteiger charge is 2.34. The topological polar surface area (TPSA) is 94.5 Å². The van der Waals surface area contributed by atoms with Gasteiger partial charge in [-0.2, -0.15) is 5.26 Å². The fraction of sp³-hybridized carbons (Fsp3) is 0.560. The zero-order valence-corrected chi connectivity index (χ0v) is 19.5. The van der Waals surface area contributed by atoms with Crippen molar-refractivity contribution in [1.82, 2.24) is 15.5 Å². The molecule has 7 heteroatoms. The van der Waals surface area contributed by atoms with Gasteiger partial charge in [0, 0.05) is 13.1 Å². The molecule has 0 saturated carbocycles. The lowest BCUT2D eigenvalue weighted by Gasteiger charge is -2.27. The molecule has 7 nitrogen and oxygen atoms in total. The van der Waals surface area contributed by atoms with Crippen molar-refractivity contribution >= 4 is 18.1 Å². The van der Waals surface area contributed by atoms with Crippen LogP contribution >= 0.6 is 0 Å². The molecule has 174 valence electrons. The number of hydrogen-bond acceptors (Lipinski definition) is 5. The van der Waals surface area contributed by atoms with E-state index in [4.69, 9.17) is 4.74 Å². The lowest BCUT2D eigenvalue weighted by molar-refractivity contribution is -0.133. The van der Waals surface area contributed by atoms with Crippen LogP contribution in [0.4, 0.5) is 4.79 Å². The van der Waals surface area contributed by atoms with Gasteiger partial charge in [0.25, 0.3) is 0 Å². The molecule has 0 aliphatic carbocycles. The van der Waals surface area contributed by atoms with E-state index in [0.29, 0.717) is 19.4 Å². The first-order valence-corrected chi connectivity index (χ1v) is 11.4. The summed E-state index contributed by atoms with van der Waals surface area (Å²) in [6.45, 7) is 7.50. The Morgan fingerprint density at radius 3 is 2.72 bits per heavy atom. The third-order valence-electron chi connectivity index (χ3n) is 5.14. The van der Waals surface area contributed by atoms with Crippen molar-refractivity contribution in [3.8, 4) is 6.07 Å². The summed E-state index contributed by atoms with van der Waals surface area (Å²) in [7, 11) is 0. The van der Waals surface area contributed by atoms with Gasteiger partial charge in [-0.3, -0.25) is 4.79 Å². The largest absolute Gasteiger partial charge is 0.444 e. The molecule has 2 amide bonds. The van der Waals surface area contributed by atoms with Crippen LogP contribution in [0.3, 0.4) is 0 Å². The lowest BCUT2D eigenvalue weighted by Crippen LogP contribution is -2.50. The van der Waals surface area contributed by atoms with E-state index in [-0.39, 0.29) is 5.91 Å². The van der Waals surface area contributed by atoms with Gasteiger partial charge in [0.05, 0.1) is 6.07 Å². The normalized spacial score (nSPS) is 17.2. The predicted octanol–water partition coefficient (Wildman–Crippen LogP) is 3.87. The Morgan fingerprint density at radius 2 is 2.03 bits per heavy atom. The number of nitriles is 1. The van der Waals surface area contributed by atoms with E-state index in [1.807, 2.05) is 18.2 Å². The molecule has 2 atom stereocenters. The number of nitrogens with zero attached hydrogens (tertiary/aromatic N) is 2. The van der Waals surface area contributed by atoms with Crippen LogP contribution in [-0.2, 0) is 9.53 Å². The highest BCUT2D eigenvalue weighted by atomic mass is 16.6. The number of ether oxygens (including phenoxy) is 1. The number of rotatable bonds is 10. The molecule has 0 unspecified atom stereocenters. The zero-order valence-electron chi connectivity index (χ0n) is 19.5. The lowest BCUT2D eigenvalue weighted by atomic mass is 10.1. The first-order valence-electron chi connectivity index (χ1n) is 11.4. The van der Waals surface area contributed by atoms with Crippen LogP contribution in [0.5, 0.6) is 0 Å². The number of likely N-dealkylation sites (tertiary alicyclic amines) is 1. The molecule has 1 aromatic carbocycles. The number of amides is 2. The van der Waals surface area contributed by atoms with Gasteiger partial charge in [0.2, 0.25) is 5.91 Å². The van der Waals surface area contributed by atoms with Gasteiger partial charge in [-0.05, 0) is 65.0 Å². The Hall–Kier alpha value is -2.85. The Balaban J connectivity index is 1.79. The number of unbranched alkanes of at least 4 members (excludes halogenated alkanes) is 1. The van der Waals surface area contributed by atoms with E-state index in [2.05, 4.69) is 41.0 Å². The van der Waals surface area contributed by atoms with Gasteiger partial charge >= 0.3 is 6.09 Å². The Morgan fingerprint density at radius 1 is 1.28 bits per heavy atom. The first kappa shape index (κ1) is 25.4. The molecular weight excluding hydrogens is 404 g/mol. The Labute approximate surface area is 191 Å². The van der Waals surface area contributed by atoms with Crippen LogP contribution in [0.2, 0.25) is 0 Å². The molecule has 2 N–H and O–H groups in total. The maximum atomic E-state index is 13.0. The number of hydrogen-bond donors (Lipinski definition) is 2. The summed E-state index contributed by atoms with van der Waals surface area (Å²) in [6, 6.07) is 11.2. The van der Waals surface area contributed by atoms with E-state index in [0.717, 1.165) is 32.4 Å². The summed E-state index contributed by atoms with van der Waals surface area (Å²) in [5.41, 5.74) is 0.527. The second-order valence-corrected chi connectivity index (χ2v) is 9.03. The number of carbonyl (C=O) groups excluding carboxylic acids is 2. The maximum absolute atomic E-state index is 13.0. The predicted molar refractivity (Wildman–Crippen MR) is 126 cm³/mol. The van der Waals surface area contributed by atoms with Crippen LogP contribution in [0.1, 0.15) is 58.4 Å². The third kappa shape index (κ3) is 9.11. The molecule has 2 rings (SSSR count). The highest BCUT2D eigenvalue weighted by molar-refractivity contribution is 5.86. The molecular formula is C25H36N4O3. The van der Waals surface area contributed by atoms with Crippen molar-refractivity contribution in [1.29, 1.82) is 5.26 Å². The number of carbonyl (C=O) groups is 2. The van der Waals surface area contributed by atoms with Crippen molar-refractivity contribution in [2.75, 3.05) is 19.6 Å². The van der Waals surface area contributed by atoms with Crippen molar-refractivity contribution in [2.24, 2.45) is 0 Å². The smallest absolute Gasteiger partial charge is 0.408 e. The van der Waals surface area contributed by atoms with Crippen LogP contribution in [0, 0.1) is 11.3 Å². The quantitative estimate of drug-likeness (QED) is 0.539. The van der Waals surface area contributed by atoms with Gasteiger partial charge in [0.1, 0.15) is 17.7 Å². The molecule has 32 heavy (non-hydrogen) atoms. The second kappa shape index (κ2) is 12.9. The summed E-state index contributed by atoms with van der Waals surface area (Å²) in [5.74, 6) is -0.196. The summed E-state index contributed by atoms with van der Waals surface area (Å²) >= 11 is 0. The summed E-state index contributed by atoms with van der Waals surface area (Å²) in [4.78, 5) is 26.9. The Bertz CT molecular complexity index is 796. The van der Waals surface area contributed by atoms with Crippen LogP contribution in [-0.4, -0.2) is 54.2 Å². The van der Waals surface area contributed by atoms with E-state index < -0.39 is 23.8 Å². The molecule has 1 fully saturated rings. The van der Waals surface area contributed by atoms with Gasteiger partial charge in [-0.1, -0.05) is 42.5 Å². The van der Waals surface area contributed by atoms with Gasteiger partial charge in [0.15, 0.2) is 0 Å². The van der Waals surface area contributed by atoms with Crippen LogP contribution in [0.25, 0.3) is 6.08 Å². The minimum absolute atomic E-state index is 0.196. The molecule has 0 bridgehead atoms. The Kier molecular flexibility index (Phi) is 10.2. The SMILES string of the molecule is CC(C)(C)OC(=O)N[C@@H](CCCCNCC=Cc1ccccc1)C(=O)N1CCC[C@H]1C#N. The summed E-state index contributed by atoms with van der Waals surface area (Å²) in [5, 5.41) is 15.4. The van der Waals surface area contributed by atoms with E-state index in [1.165, 1.54) is 5.56 Å². The highest BCUT2D eigenvalue weighted by Crippen LogP contribution is 2.19. The zero-order chi connectivity index (χ0) is 23.4. The van der Waals surface area contributed by atoms with E-state index in [1.54, 1.807) is 25.7 Å². The molecule has 1 aromatic rings.